The van der Waals surface area contributed by atoms with Crippen LogP contribution in [-0.4, -0.2) is 48.6 Å². The lowest BCUT2D eigenvalue weighted by Crippen LogP contribution is -2.60. The van der Waals surface area contributed by atoms with Crippen molar-refractivity contribution in [2.24, 2.45) is 5.41 Å². The minimum atomic E-state index is -0.0225. The Hall–Kier alpha value is -0.610. The van der Waals surface area contributed by atoms with Gasteiger partial charge in [0.1, 0.15) is 0 Å². The standard InChI is InChI=1S/C17H31N3O/c1-17(2)8-5-9-18-15(17)16(21)19-12-10-13-6-4-7-14(11-12)20(13)3/h12-15,18H,4-11H2,1-3H3,(H,19,21). The molecule has 4 heteroatoms. The fourth-order valence-corrected chi connectivity index (χ4v) is 4.68. The number of fused-ring (bicyclic) bond motifs is 2. The first kappa shape index (κ1) is 15.3. The average Bonchev–Trinajstić information content (AvgIpc) is 2.39. The smallest absolute Gasteiger partial charge is 0.237 e. The van der Waals surface area contributed by atoms with Crippen LogP contribution in [0.1, 0.15) is 58.8 Å². The quantitative estimate of drug-likeness (QED) is 0.817. The average molecular weight is 293 g/mol. The molecule has 3 fully saturated rings. The molecule has 2 N–H and O–H groups in total. The third-order valence-electron chi connectivity index (χ3n) is 6.08. The van der Waals surface area contributed by atoms with Crippen LogP contribution in [0.3, 0.4) is 0 Å². The van der Waals surface area contributed by atoms with Gasteiger partial charge in [0.25, 0.3) is 0 Å². The Morgan fingerprint density at radius 2 is 1.86 bits per heavy atom. The highest BCUT2D eigenvalue weighted by Gasteiger charge is 2.40. The van der Waals surface area contributed by atoms with Crippen LogP contribution in [0.5, 0.6) is 0 Å². The summed E-state index contributed by atoms with van der Waals surface area (Å²) in [6.07, 6.45) is 8.53. The predicted octanol–water partition coefficient (Wildman–Crippen LogP) is 1.90. The van der Waals surface area contributed by atoms with E-state index in [1.807, 2.05) is 0 Å². The molecular weight excluding hydrogens is 262 g/mol. The molecule has 0 aliphatic carbocycles. The van der Waals surface area contributed by atoms with Gasteiger partial charge in [-0.05, 0) is 57.5 Å². The molecule has 0 aromatic heterocycles. The van der Waals surface area contributed by atoms with E-state index < -0.39 is 0 Å². The van der Waals surface area contributed by atoms with Crippen molar-refractivity contribution in [3.05, 3.63) is 0 Å². The van der Waals surface area contributed by atoms with Gasteiger partial charge >= 0.3 is 0 Å². The number of piperidine rings is 3. The number of hydrogen-bond acceptors (Lipinski definition) is 3. The highest BCUT2D eigenvalue weighted by atomic mass is 16.2. The second-order valence-electron chi connectivity index (χ2n) is 8.06. The number of nitrogens with zero attached hydrogens (tertiary/aromatic N) is 1. The normalized spacial score (nSPS) is 39.8. The van der Waals surface area contributed by atoms with E-state index in [1.54, 1.807) is 0 Å². The second kappa shape index (κ2) is 5.88. The van der Waals surface area contributed by atoms with Gasteiger partial charge in [-0.15, -0.1) is 0 Å². The van der Waals surface area contributed by atoms with Gasteiger partial charge in [-0.25, -0.2) is 0 Å². The van der Waals surface area contributed by atoms with E-state index >= 15 is 0 Å². The lowest BCUT2D eigenvalue weighted by molar-refractivity contribution is -0.128. The number of amides is 1. The van der Waals surface area contributed by atoms with Crippen LogP contribution >= 0.6 is 0 Å². The van der Waals surface area contributed by atoms with Crippen molar-refractivity contribution in [3.8, 4) is 0 Å². The van der Waals surface area contributed by atoms with E-state index in [2.05, 4.69) is 36.4 Å². The fourth-order valence-electron chi connectivity index (χ4n) is 4.68. The lowest BCUT2D eigenvalue weighted by atomic mass is 9.76. The molecule has 3 aliphatic heterocycles. The van der Waals surface area contributed by atoms with Crippen molar-refractivity contribution in [1.29, 1.82) is 0 Å². The molecule has 0 radical (unpaired) electrons. The van der Waals surface area contributed by atoms with Gasteiger partial charge in [0, 0.05) is 18.1 Å². The van der Waals surface area contributed by atoms with E-state index in [0.29, 0.717) is 18.1 Å². The van der Waals surface area contributed by atoms with Crippen LogP contribution in [0.2, 0.25) is 0 Å². The summed E-state index contributed by atoms with van der Waals surface area (Å²) >= 11 is 0. The van der Waals surface area contributed by atoms with Gasteiger partial charge in [-0.1, -0.05) is 20.3 Å². The molecule has 3 aliphatic rings. The molecule has 1 amide bonds. The summed E-state index contributed by atoms with van der Waals surface area (Å²) in [6, 6.07) is 1.71. The second-order valence-corrected chi connectivity index (χ2v) is 8.06. The first-order chi connectivity index (χ1) is 9.97. The summed E-state index contributed by atoms with van der Waals surface area (Å²) in [5.74, 6) is 0.229. The van der Waals surface area contributed by atoms with E-state index in [0.717, 1.165) is 25.8 Å². The molecule has 0 aromatic carbocycles. The molecule has 3 unspecified atom stereocenters. The Balaban J connectivity index is 1.60. The molecule has 0 saturated carbocycles. The van der Waals surface area contributed by atoms with Gasteiger partial charge < -0.3 is 15.5 Å². The van der Waals surface area contributed by atoms with E-state index in [9.17, 15) is 4.79 Å². The van der Waals surface area contributed by atoms with Crippen molar-refractivity contribution >= 4 is 5.91 Å². The zero-order valence-electron chi connectivity index (χ0n) is 13.8. The van der Waals surface area contributed by atoms with E-state index in [1.165, 1.54) is 25.7 Å². The molecule has 120 valence electrons. The van der Waals surface area contributed by atoms with Crippen molar-refractivity contribution in [3.63, 3.8) is 0 Å². The summed E-state index contributed by atoms with van der Waals surface area (Å²) < 4.78 is 0. The fraction of sp³-hybridized carbons (Fsp3) is 0.941. The van der Waals surface area contributed by atoms with Gasteiger partial charge in [-0.2, -0.15) is 0 Å². The molecular formula is C17H31N3O. The molecule has 21 heavy (non-hydrogen) atoms. The minimum Gasteiger partial charge on any atom is -0.352 e. The summed E-state index contributed by atoms with van der Waals surface area (Å²) in [6.45, 7) is 5.40. The maximum atomic E-state index is 12.7. The highest BCUT2D eigenvalue weighted by molar-refractivity contribution is 5.83. The number of carbonyl (C=O) groups is 1. The van der Waals surface area contributed by atoms with Crippen LogP contribution < -0.4 is 10.6 Å². The third kappa shape index (κ3) is 3.11. The first-order valence-corrected chi connectivity index (χ1v) is 8.73. The Morgan fingerprint density at radius 3 is 2.48 bits per heavy atom. The Bertz CT molecular complexity index is 381. The predicted molar refractivity (Wildman–Crippen MR) is 85.2 cm³/mol. The Labute approximate surface area is 129 Å². The number of rotatable bonds is 2. The Morgan fingerprint density at radius 1 is 1.19 bits per heavy atom. The number of hydrogen-bond donors (Lipinski definition) is 2. The molecule has 3 rings (SSSR count). The first-order valence-electron chi connectivity index (χ1n) is 8.73. The monoisotopic (exact) mass is 293 g/mol. The largest absolute Gasteiger partial charge is 0.352 e. The molecule has 2 bridgehead atoms. The van der Waals surface area contributed by atoms with Crippen molar-refractivity contribution < 1.29 is 4.79 Å². The number of nitrogens with one attached hydrogen (secondary N) is 2. The molecule has 3 atom stereocenters. The number of carbonyl (C=O) groups excluding carboxylic acids is 1. The van der Waals surface area contributed by atoms with E-state index in [-0.39, 0.29) is 17.4 Å². The highest BCUT2D eigenvalue weighted by Crippen LogP contribution is 2.34. The van der Waals surface area contributed by atoms with Gasteiger partial charge in [0.15, 0.2) is 0 Å². The summed E-state index contributed by atoms with van der Waals surface area (Å²) in [4.78, 5) is 15.2. The summed E-state index contributed by atoms with van der Waals surface area (Å²) in [7, 11) is 2.26. The zero-order chi connectivity index (χ0) is 15.0. The van der Waals surface area contributed by atoms with E-state index in [4.69, 9.17) is 0 Å². The van der Waals surface area contributed by atoms with Crippen LogP contribution in [0.15, 0.2) is 0 Å². The molecule has 4 nitrogen and oxygen atoms in total. The van der Waals surface area contributed by atoms with Gasteiger partial charge in [0.05, 0.1) is 6.04 Å². The van der Waals surface area contributed by atoms with Crippen LogP contribution in [0, 0.1) is 5.41 Å². The van der Waals surface area contributed by atoms with Gasteiger partial charge in [0.2, 0.25) is 5.91 Å². The molecule has 0 spiro atoms. The SMILES string of the molecule is CN1C2CCCC1CC(NC(=O)C1NCCCC1(C)C)C2. The molecule has 3 heterocycles. The van der Waals surface area contributed by atoms with Crippen molar-refractivity contribution in [1.82, 2.24) is 15.5 Å². The molecule has 0 aromatic rings. The van der Waals surface area contributed by atoms with Gasteiger partial charge in [-0.3, -0.25) is 4.79 Å². The maximum absolute atomic E-state index is 12.7. The maximum Gasteiger partial charge on any atom is 0.237 e. The minimum absolute atomic E-state index is 0.0225. The lowest BCUT2D eigenvalue weighted by Gasteiger charge is -2.47. The third-order valence-corrected chi connectivity index (χ3v) is 6.08. The van der Waals surface area contributed by atoms with Crippen LogP contribution in [0.4, 0.5) is 0 Å². The zero-order valence-corrected chi connectivity index (χ0v) is 13.8. The topological polar surface area (TPSA) is 44.4 Å². The van der Waals surface area contributed by atoms with Crippen molar-refractivity contribution in [2.75, 3.05) is 13.6 Å². The van der Waals surface area contributed by atoms with Crippen LogP contribution in [-0.2, 0) is 4.79 Å². The molecule has 3 saturated heterocycles. The summed E-state index contributed by atoms with van der Waals surface area (Å²) in [5.41, 5.74) is 0.0731. The van der Waals surface area contributed by atoms with Crippen molar-refractivity contribution in [2.45, 2.75) is 83.0 Å². The summed E-state index contributed by atoms with van der Waals surface area (Å²) in [5, 5.41) is 6.80. The Kier molecular flexibility index (Phi) is 4.28. The van der Waals surface area contributed by atoms with Crippen LogP contribution in [0.25, 0.3) is 0 Å².